The lowest BCUT2D eigenvalue weighted by Gasteiger charge is -2.31. The molecule has 0 aromatic heterocycles. The lowest BCUT2D eigenvalue weighted by molar-refractivity contribution is 0.185. The molecule has 0 amide bonds. The van der Waals surface area contributed by atoms with Gasteiger partial charge in [-0.3, -0.25) is 4.90 Å². The molecule has 1 atom stereocenters. The van der Waals surface area contributed by atoms with Gasteiger partial charge in [-0.15, -0.1) is 0 Å². The lowest BCUT2D eigenvalue weighted by Crippen LogP contribution is -2.36. The Kier molecular flexibility index (Phi) is 5.69. The van der Waals surface area contributed by atoms with Crippen LogP contribution in [-0.2, 0) is 0 Å². The summed E-state index contributed by atoms with van der Waals surface area (Å²) in [6.45, 7) is 8.05. The minimum absolute atomic E-state index is 0.270. The summed E-state index contributed by atoms with van der Waals surface area (Å²) >= 11 is 0. The van der Waals surface area contributed by atoms with Crippen molar-refractivity contribution in [3.8, 4) is 0 Å². The van der Waals surface area contributed by atoms with Crippen molar-refractivity contribution >= 4 is 0 Å². The van der Waals surface area contributed by atoms with Gasteiger partial charge in [0.25, 0.3) is 0 Å². The van der Waals surface area contributed by atoms with Gasteiger partial charge in [0, 0.05) is 18.7 Å². The molecule has 0 heterocycles. The number of nitrogens with two attached hydrogens (primary N) is 1. The van der Waals surface area contributed by atoms with Gasteiger partial charge in [0.2, 0.25) is 0 Å². The molecule has 0 aliphatic rings. The second-order valence-corrected chi connectivity index (χ2v) is 4.88. The highest BCUT2D eigenvalue weighted by molar-refractivity contribution is 5.23. The second-order valence-electron chi connectivity index (χ2n) is 4.88. The molecule has 2 N–H and O–H groups in total. The molecule has 0 radical (unpaired) electrons. The third kappa shape index (κ3) is 3.50. The molecular weight excluding hydrogens is 234 g/mol. The minimum Gasteiger partial charge on any atom is -0.329 e. The van der Waals surface area contributed by atoms with Crippen LogP contribution in [-0.4, -0.2) is 24.5 Å². The maximum absolute atomic E-state index is 13.8. The summed E-state index contributed by atoms with van der Waals surface area (Å²) in [6, 6.07) is 4.00. The number of nitrogens with zero attached hydrogens (tertiary/aromatic N) is 1. The van der Waals surface area contributed by atoms with E-state index in [1.165, 1.54) is 6.07 Å². The van der Waals surface area contributed by atoms with E-state index in [4.69, 9.17) is 5.73 Å². The summed E-state index contributed by atoms with van der Waals surface area (Å²) in [4.78, 5) is 2.09. The van der Waals surface area contributed by atoms with Crippen molar-refractivity contribution in [3.05, 3.63) is 35.4 Å². The van der Waals surface area contributed by atoms with Crippen LogP contribution in [0.3, 0.4) is 0 Å². The SMILES string of the molecule is CCN(CC(C)C)C(CN)c1cccc(F)c1F. The highest BCUT2D eigenvalue weighted by Gasteiger charge is 2.22. The Morgan fingerprint density at radius 2 is 1.94 bits per heavy atom. The first-order valence-corrected chi connectivity index (χ1v) is 6.39. The molecule has 0 fully saturated rings. The lowest BCUT2D eigenvalue weighted by atomic mass is 10.0. The molecule has 1 aromatic carbocycles. The van der Waals surface area contributed by atoms with E-state index in [0.29, 0.717) is 11.5 Å². The quantitative estimate of drug-likeness (QED) is 0.848. The zero-order chi connectivity index (χ0) is 13.7. The van der Waals surface area contributed by atoms with E-state index in [-0.39, 0.29) is 12.6 Å². The largest absolute Gasteiger partial charge is 0.329 e. The number of hydrogen-bond donors (Lipinski definition) is 1. The van der Waals surface area contributed by atoms with E-state index in [1.807, 2.05) is 6.92 Å². The number of hydrogen-bond acceptors (Lipinski definition) is 2. The van der Waals surface area contributed by atoms with E-state index in [1.54, 1.807) is 6.07 Å². The molecule has 0 spiro atoms. The Balaban J connectivity index is 3.03. The second kappa shape index (κ2) is 6.81. The van der Waals surface area contributed by atoms with Crippen LogP contribution in [0.2, 0.25) is 0 Å². The molecule has 0 saturated carbocycles. The van der Waals surface area contributed by atoms with E-state index in [0.717, 1.165) is 19.2 Å². The van der Waals surface area contributed by atoms with Crippen LogP contribution < -0.4 is 5.73 Å². The monoisotopic (exact) mass is 256 g/mol. The first kappa shape index (κ1) is 15.1. The maximum Gasteiger partial charge on any atom is 0.163 e. The van der Waals surface area contributed by atoms with Crippen LogP contribution in [0.5, 0.6) is 0 Å². The highest BCUT2D eigenvalue weighted by Crippen LogP contribution is 2.24. The average molecular weight is 256 g/mol. The summed E-state index contributed by atoms with van der Waals surface area (Å²) in [5.74, 6) is -1.14. The van der Waals surface area contributed by atoms with Crippen LogP contribution in [0.25, 0.3) is 0 Å². The number of halogens is 2. The molecule has 0 bridgehead atoms. The first-order chi connectivity index (χ1) is 8.51. The number of benzene rings is 1. The average Bonchev–Trinajstić information content (AvgIpc) is 2.33. The van der Waals surface area contributed by atoms with Gasteiger partial charge in [-0.05, 0) is 18.5 Å². The zero-order valence-corrected chi connectivity index (χ0v) is 11.3. The molecule has 1 aromatic rings. The van der Waals surface area contributed by atoms with Gasteiger partial charge in [-0.2, -0.15) is 0 Å². The summed E-state index contributed by atoms with van der Waals surface area (Å²) in [7, 11) is 0. The molecular formula is C14H22F2N2. The predicted molar refractivity (Wildman–Crippen MR) is 70.2 cm³/mol. The van der Waals surface area contributed by atoms with E-state index < -0.39 is 11.6 Å². The fourth-order valence-corrected chi connectivity index (χ4v) is 2.20. The summed E-state index contributed by atoms with van der Waals surface area (Å²) in [6.07, 6.45) is 0. The van der Waals surface area contributed by atoms with Gasteiger partial charge in [-0.1, -0.05) is 32.9 Å². The molecule has 1 unspecified atom stereocenters. The van der Waals surface area contributed by atoms with Crippen LogP contribution in [0.4, 0.5) is 8.78 Å². The fraction of sp³-hybridized carbons (Fsp3) is 0.571. The van der Waals surface area contributed by atoms with Crippen LogP contribution in [0.1, 0.15) is 32.4 Å². The minimum atomic E-state index is -0.813. The fourth-order valence-electron chi connectivity index (χ4n) is 2.20. The topological polar surface area (TPSA) is 29.3 Å². The van der Waals surface area contributed by atoms with Crippen molar-refractivity contribution in [1.82, 2.24) is 4.90 Å². The molecule has 102 valence electrons. The van der Waals surface area contributed by atoms with Gasteiger partial charge >= 0.3 is 0 Å². The van der Waals surface area contributed by atoms with Gasteiger partial charge in [-0.25, -0.2) is 8.78 Å². The molecule has 2 nitrogen and oxygen atoms in total. The molecule has 0 saturated heterocycles. The normalized spacial score (nSPS) is 13.3. The van der Waals surface area contributed by atoms with Crippen molar-refractivity contribution in [2.45, 2.75) is 26.8 Å². The zero-order valence-electron chi connectivity index (χ0n) is 11.3. The molecule has 0 aliphatic carbocycles. The molecule has 4 heteroatoms. The van der Waals surface area contributed by atoms with Gasteiger partial charge in [0.1, 0.15) is 0 Å². The summed E-state index contributed by atoms with van der Waals surface area (Å²) in [5.41, 5.74) is 6.09. The predicted octanol–water partition coefficient (Wildman–Crippen LogP) is 2.94. The third-order valence-electron chi connectivity index (χ3n) is 3.01. The Morgan fingerprint density at radius 3 is 2.44 bits per heavy atom. The maximum atomic E-state index is 13.8. The summed E-state index contributed by atoms with van der Waals surface area (Å²) < 4.78 is 27.1. The highest BCUT2D eigenvalue weighted by atomic mass is 19.2. The third-order valence-corrected chi connectivity index (χ3v) is 3.01. The Labute approximate surface area is 108 Å². The van der Waals surface area contributed by atoms with Gasteiger partial charge in [0.15, 0.2) is 11.6 Å². The van der Waals surface area contributed by atoms with Crippen molar-refractivity contribution in [2.75, 3.05) is 19.6 Å². The van der Waals surface area contributed by atoms with Crippen LogP contribution >= 0.6 is 0 Å². The number of rotatable bonds is 6. The van der Waals surface area contributed by atoms with Crippen molar-refractivity contribution < 1.29 is 8.78 Å². The van der Waals surface area contributed by atoms with Crippen molar-refractivity contribution in [3.63, 3.8) is 0 Å². The van der Waals surface area contributed by atoms with Crippen LogP contribution in [0.15, 0.2) is 18.2 Å². The van der Waals surface area contributed by atoms with Crippen molar-refractivity contribution in [1.29, 1.82) is 0 Å². The summed E-state index contributed by atoms with van der Waals surface area (Å²) in [5, 5.41) is 0. The van der Waals surface area contributed by atoms with Crippen LogP contribution in [0, 0.1) is 17.6 Å². The molecule has 18 heavy (non-hydrogen) atoms. The Morgan fingerprint density at radius 1 is 1.28 bits per heavy atom. The first-order valence-electron chi connectivity index (χ1n) is 6.39. The van der Waals surface area contributed by atoms with Gasteiger partial charge in [0.05, 0.1) is 6.04 Å². The van der Waals surface area contributed by atoms with E-state index in [9.17, 15) is 8.78 Å². The molecule has 0 aliphatic heterocycles. The van der Waals surface area contributed by atoms with Gasteiger partial charge < -0.3 is 5.73 Å². The molecule has 1 rings (SSSR count). The standard InChI is InChI=1S/C14H22F2N2/c1-4-18(9-10(2)3)13(8-17)11-6-5-7-12(15)14(11)16/h5-7,10,13H,4,8-9,17H2,1-3H3. The Bertz CT molecular complexity index is 380. The smallest absolute Gasteiger partial charge is 0.163 e. The Hall–Kier alpha value is -1.00. The van der Waals surface area contributed by atoms with E-state index >= 15 is 0 Å². The number of likely N-dealkylation sites (N-methyl/N-ethyl adjacent to an activating group) is 1. The van der Waals surface area contributed by atoms with Crippen molar-refractivity contribution in [2.24, 2.45) is 11.7 Å². The van der Waals surface area contributed by atoms with E-state index in [2.05, 4.69) is 18.7 Å².